The number of nitrogens with zero attached hydrogens (tertiary/aromatic N) is 5. The first-order valence-electron chi connectivity index (χ1n) is 47.9. The number of hydrogen-bond acceptors (Lipinski definition) is 15. The summed E-state index contributed by atoms with van der Waals surface area (Å²) in [5.74, 6) is 16.9. The van der Waals surface area contributed by atoms with Crippen LogP contribution in [0.15, 0.2) is 122 Å². The molecule has 670 valence electrons. The number of benzene rings is 5. The number of fused-ring (bicyclic) bond motifs is 10. The molecule has 5 aromatic heterocycles. The van der Waals surface area contributed by atoms with Gasteiger partial charge in [-0.05, 0) is 308 Å². The molecule has 20 heteroatoms. The molecule has 0 bridgehead atoms. The molecule has 5 aliphatic carbocycles. The normalized spacial score (nSPS) is 25.9. The maximum Gasteiger partial charge on any atom is 0.139 e. The third-order valence-electron chi connectivity index (χ3n) is 29.2. The smallest absolute Gasteiger partial charge is 0.139 e. The lowest BCUT2D eigenvalue weighted by molar-refractivity contribution is -0.115. The minimum atomic E-state index is 0.295. The van der Waals surface area contributed by atoms with Crippen molar-refractivity contribution in [2.24, 2.45) is 29.6 Å². The number of piperidine rings is 5. The first kappa shape index (κ1) is 92.0. The molecule has 15 nitrogen and oxygen atoms in total. The number of carbonyl (C=O) groups is 5. The van der Waals surface area contributed by atoms with E-state index in [9.17, 15) is 24.0 Å². The minimum absolute atomic E-state index is 0.295. The van der Waals surface area contributed by atoms with Crippen LogP contribution in [0.5, 0.6) is 0 Å². The molecule has 5 aromatic carbocycles. The summed E-state index contributed by atoms with van der Waals surface area (Å²) in [6, 6.07) is 37.0. The molecule has 5 aliphatic heterocycles. The predicted molar refractivity (Wildman–Crippen MR) is 533 cm³/mol. The molecule has 15 atom stereocenters. The van der Waals surface area contributed by atoms with E-state index in [1.807, 2.05) is 58.8 Å². The highest BCUT2D eigenvalue weighted by atomic mass is 32.2. The van der Waals surface area contributed by atoms with Crippen molar-refractivity contribution in [1.82, 2.24) is 49.4 Å². The molecule has 0 unspecified atom stereocenters. The zero-order valence-electron chi connectivity index (χ0n) is 76.3. The standard InChI is InChI=1S/5C21H28N2OS/c5*1-3-7-23-11-15(13-25-12-14(2)24)8-18-17-5-4-6-19-21(17)16(10-22-19)9-20(18)23/h5*4-6,10,15,18,20,22H,3,7-9,11-13H2,1-2H3/t5*15-,18-,20-/m11111/s1. The van der Waals surface area contributed by atoms with Gasteiger partial charge in [0.25, 0.3) is 0 Å². The molecule has 5 saturated heterocycles. The van der Waals surface area contributed by atoms with Gasteiger partial charge in [0.05, 0.1) is 28.8 Å². The number of ketones is 5. The molecular formula is C105H140N10O5S5. The Morgan fingerprint density at radius 1 is 0.280 bits per heavy atom. The van der Waals surface area contributed by atoms with Gasteiger partial charge in [-0.15, -0.1) is 0 Å². The van der Waals surface area contributed by atoms with Crippen molar-refractivity contribution >= 4 is 142 Å². The van der Waals surface area contributed by atoms with Gasteiger partial charge in [-0.25, -0.2) is 0 Å². The fourth-order valence-electron chi connectivity index (χ4n) is 24.7. The highest BCUT2D eigenvalue weighted by Gasteiger charge is 2.47. The van der Waals surface area contributed by atoms with Crippen LogP contribution in [0.4, 0.5) is 0 Å². The van der Waals surface area contributed by atoms with Crippen LogP contribution in [0.3, 0.4) is 0 Å². The molecule has 0 radical (unpaired) electrons. The minimum Gasteiger partial charge on any atom is -0.361 e. The quantitative estimate of drug-likeness (QED) is 0.0287. The lowest BCUT2D eigenvalue weighted by Gasteiger charge is -2.47. The van der Waals surface area contributed by atoms with Crippen molar-refractivity contribution in [3.05, 3.63) is 178 Å². The Hall–Kier alpha value is -6.30. The topological polar surface area (TPSA) is 180 Å². The summed E-state index contributed by atoms with van der Waals surface area (Å²) in [6.45, 7) is 31.8. The number of nitrogens with one attached hydrogen (secondary N) is 5. The Bertz CT molecular complexity index is 4600. The predicted octanol–water partition coefficient (Wildman–Crippen LogP) is 21.2. The van der Waals surface area contributed by atoms with Crippen LogP contribution >= 0.6 is 58.8 Å². The Kier molecular flexibility index (Phi) is 31.4. The van der Waals surface area contributed by atoms with Crippen molar-refractivity contribution in [1.29, 1.82) is 0 Å². The molecule has 5 N–H and O–H groups in total. The maximum atomic E-state index is 11.3. The second-order valence-electron chi connectivity index (χ2n) is 38.9. The summed E-state index contributed by atoms with van der Waals surface area (Å²) >= 11 is 9.12. The number of rotatable bonds is 30. The van der Waals surface area contributed by atoms with Crippen LogP contribution in [0.1, 0.15) is 219 Å². The molecule has 5 fully saturated rings. The molecule has 10 heterocycles. The zero-order valence-corrected chi connectivity index (χ0v) is 80.4. The van der Waals surface area contributed by atoms with E-state index in [0.717, 1.165) is 28.8 Å². The van der Waals surface area contributed by atoms with E-state index < -0.39 is 0 Å². The molecule has 125 heavy (non-hydrogen) atoms. The zero-order chi connectivity index (χ0) is 86.9. The number of aromatic nitrogens is 5. The van der Waals surface area contributed by atoms with Crippen molar-refractivity contribution < 1.29 is 24.0 Å². The monoisotopic (exact) mass is 1780 g/mol. The van der Waals surface area contributed by atoms with E-state index in [-0.39, 0.29) is 0 Å². The Morgan fingerprint density at radius 3 is 0.616 bits per heavy atom. The molecular weight excluding hydrogens is 1640 g/mol. The molecule has 0 amide bonds. The highest BCUT2D eigenvalue weighted by Crippen LogP contribution is 2.52. The highest BCUT2D eigenvalue weighted by molar-refractivity contribution is 8.00. The summed E-state index contributed by atoms with van der Waals surface area (Å²) < 4.78 is 0. The van der Waals surface area contributed by atoms with E-state index >= 15 is 0 Å². The van der Waals surface area contributed by atoms with Gasteiger partial charge in [0, 0.05) is 178 Å². The second kappa shape index (κ2) is 42.7. The van der Waals surface area contributed by atoms with Crippen LogP contribution in [0, 0.1) is 29.6 Å². The van der Waals surface area contributed by atoms with E-state index in [0.29, 0.717) is 147 Å². The van der Waals surface area contributed by atoms with Crippen LogP contribution in [-0.4, -0.2) is 232 Å². The molecule has 10 aromatic rings. The summed E-state index contributed by atoms with van der Waals surface area (Å²) in [5.41, 5.74) is 21.7. The van der Waals surface area contributed by atoms with E-state index in [1.165, 1.54) is 244 Å². The van der Waals surface area contributed by atoms with Crippen LogP contribution in [0.2, 0.25) is 0 Å². The first-order valence-corrected chi connectivity index (χ1v) is 53.6. The van der Waals surface area contributed by atoms with Gasteiger partial charge in [-0.1, -0.05) is 95.3 Å². The van der Waals surface area contributed by atoms with Gasteiger partial charge in [0.2, 0.25) is 0 Å². The van der Waals surface area contributed by atoms with Crippen LogP contribution in [0.25, 0.3) is 54.5 Å². The average Bonchev–Trinajstić information content (AvgIpc) is 1.71. The number of H-pyrrole nitrogens is 5. The Balaban J connectivity index is 0.000000115. The average molecular weight is 1780 g/mol. The number of likely N-dealkylation sites (tertiary alicyclic amines) is 5. The lowest BCUT2D eigenvalue weighted by Crippen LogP contribution is -2.50. The van der Waals surface area contributed by atoms with Gasteiger partial charge in [0.15, 0.2) is 0 Å². The third kappa shape index (κ3) is 21.0. The first-order chi connectivity index (χ1) is 60.8. The summed E-state index contributed by atoms with van der Waals surface area (Å²) in [5, 5.41) is 7.42. The Morgan fingerprint density at radius 2 is 0.456 bits per heavy atom. The van der Waals surface area contributed by atoms with E-state index in [1.54, 1.807) is 62.4 Å². The maximum absolute atomic E-state index is 11.3. The van der Waals surface area contributed by atoms with Crippen molar-refractivity contribution in [2.45, 2.75) is 225 Å². The summed E-state index contributed by atoms with van der Waals surface area (Å²) in [7, 11) is 0. The number of aromatic amines is 5. The van der Waals surface area contributed by atoms with Crippen LogP contribution in [-0.2, 0) is 56.1 Å². The molecule has 20 rings (SSSR count). The number of carbonyl (C=O) groups excluding carboxylic acids is 5. The van der Waals surface area contributed by atoms with E-state index in [4.69, 9.17) is 0 Å². The third-order valence-corrected chi connectivity index (χ3v) is 35.7. The van der Waals surface area contributed by atoms with Crippen LogP contribution < -0.4 is 0 Å². The summed E-state index contributed by atoms with van der Waals surface area (Å²) in [4.78, 5) is 87.5. The number of thioether (sulfide) groups is 5. The fourth-order valence-corrected chi connectivity index (χ4v) is 29.6. The number of hydrogen-bond donors (Lipinski definition) is 5. The lowest BCUT2D eigenvalue weighted by atomic mass is 9.72. The van der Waals surface area contributed by atoms with Gasteiger partial charge in [0.1, 0.15) is 28.9 Å². The van der Waals surface area contributed by atoms with E-state index in [2.05, 4.69) is 206 Å². The molecule has 10 aliphatic rings. The largest absolute Gasteiger partial charge is 0.361 e. The van der Waals surface area contributed by atoms with Gasteiger partial charge >= 0.3 is 0 Å². The SMILES string of the molecule is CCCN1C[C@H](CSCC(C)=O)C[C@@H]2c3cccc4[nH]cc(c34)C[C@H]21.CCCN1C[C@H](CSCC(C)=O)C[C@@H]2c3cccc4[nH]cc(c34)C[C@H]21.CCCN1C[C@H](CSCC(C)=O)C[C@@H]2c3cccc4[nH]cc(c34)C[C@H]21.CCCN1C[C@H](CSCC(C)=O)C[C@@H]2c3cccc4[nH]cc(c34)C[C@H]21.CCCN1C[C@H](CSCC(C)=O)C[C@@H]2c3cccc4[nH]cc(c34)C[C@H]21. The van der Waals surface area contributed by atoms with Crippen molar-refractivity contribution in [3.63, 3.8) is 0 Å². The fraction of sp³-hybridized carbons (Fsp3) is 0.571. The molecule has 0 spiro atoms. The Labute approximate surface area is 765 Å². The second-order valence-corrected chi connectivity index (χ2v) is 44.0. The van der Waals surface area contributed by atoms with Crippen molar-refractivity contribution in [2.75, 3.05) is 123 Å². The van der Waals surface area contributed by atoms with Gasteiger partial charge < -0.3 is 24.9 Å². The molecule has 0 saturated carbocycles. The van der Waals surface area contributed by atoms with Crippen molar-refractivity contribution in [3.8, 4) is 0 Å². The van der Waals surface area contributed by atoms with Gasteiger partial charge in [-0.3, -0.25) is 48.5 Å². The number of Topliss-reactive ketones (excluding diaryl/α,β-unsaturated/α-hetero) is 5. The summed E-state index contributed by atoms with van der Waals surface area (Å²) in [6.07, 6.45) is 29.4. The van der Waals surface area contributed by atoms with Gasteiger partial charge in [-0.2, -0.15) is 58.8 Å².